The number of hydrogen-bond donors (Lipinski definition) is 0. The first kappa shape index (κ1) is 21.2. The number of fused-ring (bicyclic) bond motifs is 2. The fourth-order valence-electron chi connectivity index (χ4n) is 3.28. The van der Waals surface area contributed by atoms with Crippen LogP contribution in [-0.2, 0) is 0 Å². The Bertz CT molecular complexity index is 1150. The molecule has 0 saturated carbocycles. The molecule has 0 atom stereocenters. The van der Waals surface area contributed by atoms with Gasteiger partial charge in [-0.1, -0.05) is 53.8 Å². The molecule has 1 amide bonds. The van der Waals surface area contributed by atoms with Gasteiger partial charge in [0.1, 0.15) is 0 Å². The highest BCUT2D eigenvalue weighted by Crippen LogP contribution is 2.31. The molecule has 3 aromatic carbocycles. The fourth-order valence-corrected chi connectivity index (χ4v) is 4.36. The number of aromatic nitrogens is 1. The van der Waals surface area contributed by atoms with E-state index in [2.05, 4.69) is 24.0 Å². The summed E-state index contributed by atoms with van der Waals surface area (Å²) in [5.74, 6) is -0.00516. The summed E-state index contributed by atoms with van der Waals surface area (Å²) in [6, 6.07) is 20.1. The third kappa shape index (κ3) is 4.42. The van der Waals surface area contributed by atoms with Gasteiger partial charge >= 0.3 is 0 Å². The Morgan fingerprint density at radius 1 is 1.00 bits per heavy atom. The maximum absolute atomic E-state index is 13.6. The lowest BCUT2D eigenvalue weighted by Crippen LogP contribution is -2.36. The molecular formula is C23H24ClN3OS. The third-order valence-electron chi connectivity index (χ3n) is 4.80. The Hall–Kier alpha value is -2.47. The van der Waals surface area contributed by atoms with Crippen LogP contribution in [0, 0.1) is 6.92 Å². The third-order valence-corrected chi connectivity index (χ3v) is 5.84. The SMILES string of the molecule is Cc1ccc2nc(N(CCN(C)C)C(=O)c3cccc4ccccc34)sc2c1.Cl. The molecule has 0 unspecified atom stereocenters. The summed E-state index contributed by atoms with van der Waals surface area (Å²) in [7, 11) is 4.03. The molecule has 1 heterocycles. The summed E-state index contributed by atoms with van der Waals surface area (Å²) in [6.45, 7) is 3.43. The van der Waals surface area contributed by atoms with Gasteiger partial charge in [-0.05, 0) is 55.6 Å². The Morgan fingerprint density at radius 2 is 1.76 bits per heavy atom. The first-order chi connectivity index (χ1) is 13.5. The number of carbonyl (C=O) groups excluding carboxylic acids is 1. The van der Waals surface area contributed by atoms with E-state index in [9.17, 15) is 4.79 Å². The van der Waals surface area contributed by atoms with Crippen LogP contribution < -0.4 is 4.90 Å². The van der Waals surface area contributed by atoms with Gasteiger partial charge in [-0.3, -0.25) is 9.69 Å². The molecule has 4 aromatic rings. The van der Waals surface area contributed by atoms with Gasteiger partial charge in [-0.25, -0.2) is 4.98 Å². The largest absolute Gasteiger partial charge is 0.308 e. The Labute approximate surface area is 181 Å². The van der Waals surface area contributed by atoms with Crippen LogP contribution in [0.25, 0.3) is 21.0 Å². The number of nitrogens with zero attached hydrogens (tertiary/aromatic N) is 3. The lowest BCUT2D eigenvalue weighted by molar-refractivity contribution is 0.0987. The minimum atomic E-state index is -0.00516. The second kappa shape index (κ2) is 8.91. The minimum Gasteiger partial charge on any atom is -0.308 e. The zero-order chi connectivity index (χ0) is 19.7. The predicted octanol–water partition coefficient (Wildman–Crippen LogP) is 5.39. The molecule has 4 nitrogen and oxygen atoms in total. The zero-order valence-corrected chi connectivity index (χ0v) is 18.4. The lowest BCUT2D eigenvalue weighted by atomic mass is 10.0. The summed E-state index contributed by atoms with van der Waals surface area (Å²) in [6.07, 6.45) is 0. The number of benzene rings is 3. The van der Waals surface area contributed by atoms with Crippen molar-refractivity contribution < 1.29 is 4.79 Å². The van der Waals surface area contributed by atoms with Gasteiger partial charge in [0.25, 0.3) is 5.91 Å². The van der Waals surface area contributed by atoms with Crippen LogP contribution in [0.1, 0.15) is 15.9 Å². The van der Waals surface area contributed by atoms with E-state index in [-0.39, 0.29) is 18.3 Å². The molecule has 0 bridgehead atoms. The molecule has 0 N–H and O–H groups in total. The van der Waals surface area contributed by atoms with Crippen molar-refractivity contribution in [3.05, 3.63) is 71.8 Å². The van der Waals surface area contributed by atoms with Gasteiger partial charge in [0.15, 0.2) is 5.13 Å². The molecule has 29 heavy (non-hydrogen) atoms. The van der Waals surface area contributed by atoms with Gasteiger partial charge in [0.05, 0.1) is 10.2 Å². The highest BCUT2D eigenvalue weighted by atomic mass is 35.5. The number of amides is 1. The van der Waals surface area contributed by atoms with Gasteiger partial charge in [-0.15, -0.1) is 12.4 Å². The molecule has 4 rings (SSSR count). The molecule has 0 aliphatic heterocycles. The molecule has 6 heteroatoms. The van der Waals surface area contributed by atoms with E-state index in [4.69, 9.17) is 4.98 Å². The summed E-state index contributed by atoms with van der Waals surface area (Å²) >= 11 is 1.58. The molecule has 0 aliphatic carbocycles. The number of halogens is 1. The van der Waals surface area contributed by atoms with Crippen LogP contribution in [0.15, 0.2) is 60.7 Å². The molecular weight excluding hydrogens is 402 g/mol. The van der Waals surface area contributed by atoms with E-state index >= 15 is 0 Å². The number of carbonyl (C=O) groups is 1. The molecule has 0 fully saturated rings. The number of thiazole rings is 1. The average Bonchev–Trinajstić information content (AvgIpc) is 3.10. The first-order valence-corrected chi connectivity index (χ1v) is 10.2. The zero-order valence-electron chi connectivity index (χ0n) is 16.8. The van der Waals surface area contributed by atoms with Crippen molar-refractivity contribution in [2.24, 2.45) is 0 Å². The van der Waals surface area contributed by atoms with Gasteiger partial charge in [0.2, 0.25) is 0 Å². The second-order valence-electron chi connectivity index (χ2n) is 7.25. The molecule has 1 aromatic heterocycles. The van der Waals surface area contributed by atoms with Crippen molar-refractivity contribution in [2.75, 3.05) is 32.1 Å². The van der Waals surface area contributed by atoms with Crippen LogP contribution in [0.4, 0.5) is 5.13 Å². The van der Waals surface area contributed by atoms with Crippen LogP contribution in [0.5, 0.6) is 0 Å². The van der Waals surface area contributed by atoms with Crippen molar-refractivity contribution in [1.29, 1.82) is 0 Å². The average molecular weight is 426 g/mol. The summed E-state index contributed by atoms with van der Waals surface area (Å²) in [5.41, 5.74) is 2.85. The monoisotopic (exact) mass is 425 g/mol. The minimum absolute atomic E-state index is 0. The second-order valence-corrected chi connectivity index (χ2v) is 8.26. The number of likely N-dealkylation sites (N-methyl/N-ethyl adjacent to an activating group) is 1. The molecule has 0 aliphatic rings. The molecule has 0 spiro atoms. The predicted molar refractivity (Wildman–Crippen MR) is 126 cm³/mol. The molecule has 150 valence electrons. The normalized spacial score (nSPS) is 11.0. The number of rotatable bonds is 5. The van der Waals surface area contributed by atoms with E-state index in [0.717, 1.165) is 32.7 Å². The van der Waals surface area contributed by atoms with Gasteiger partial charge < -0.3 is 4.90 Å². The number of aryl methyl sites for hydroxylation is 1. The topological polar surface area (TPSA) is 36.4 Å². The van der Waals surface area contributed by atoms with Gasteiger partial charge in [-0.2, -0.15) is 0 Å². The van der Waals surface area contributed by atoms with Crippen LogP contribution >= 0.6 is 23.7 Å². The Balaban J connectivity index is 0.00000240. The van der Waals surface area contributed by atoms with E-state index in [1.54, 1.807) is 11.3 Å². The van der Waals surface area contributed by atoms with Crippen molar-refractivity contribution in [2.45, 2.75) is 6.92 Å². The highest BCUT2D eigenvalue weighted by Gasteiger charge is 2.22. The van der Waals surface area contributed by atoms with Crippen molar-refractivity contribution in [3.63, 3.8) is 0 Å². The fraction of sp³-hybridized carbons (Fsp3) is 0.217. The quantitative estimate of drug-likeness (QED) is 0.430. The summed E-state index contributed by atoms with van der Waals surface area (Å²) in [4.78, 5) is 22.3. The highest BCUT2D eigenvalue weighted by molar-refractivity contribution is 7.22. The van der Waals surface area contributed by atoms with E-state index in [1.807, 2.05) is 67.5 Å². The van der Waals surface area contributed by atoms with Crippen molar-refractivity contribution >= 4 is 55.8 Å². The van der Waals surface area contributed by atoms with E-state index in [0.29, 0.717) is 12.1 Å². The summed E-state index contributed by atoms with van der Waals surface area (Å²) < 4.78 is 1.11. The smallest absolute Gasteiger partial charge is 0.260 e. The van der Waals surface area contributed by atoms with Gasteiger partial charge in [0, 0.05) is 18.7 Å². The number of anilines is 1. The Kier molecular flexibility index (Phi) is 6.52. The maximum atomic E-state index is 13.6. The van der Waals surface area contributed by atoms with E-state index < -0.39 is 0 Å². The number of hydrogen-bond acceptors (Lipinski definition) is 4. The standard InChI is InChI=1S/C23H23N3OS.ClH/c1-16-11-12-20-21(15-16)28-23(24-20)26(14-13-25(2)3)22(27)19-10-6-8-17-7-4-5-9-18(17)19;/h4-12,15H,13-14H2,1-3H3;1H. The molecule has 0 saturated heterocycles. The summed E-state index contributed by atoms with van der Waals surface area (Å²) in [5, 5.41) is 2.79. The van der Waals surface area contributed by atoms with Crippen LogP contribution in [0.3, 0.4) is 0 Å². The first-order valence-electron chi connectivity index (χ1n) is 9.34. The van der Waals surface area contributed by atoms with E-state index in [1.165, 1.54) is 5.56 Å². The maximum Gasteiger partial charge on any atom is 0.260 e. The van der Waals surface area contributed by atoms with Crippen LogP contribution in [-0.4, -0.2) is 43.0 Å². The van der Waals surface area contributed by atoms with Crippen molar-refractivity contribution in [1.82, 2.24) is 9.88 Å². The van der Waals surface area contributed by atoms with Crippen molar-refractivity contribution in [3.8, 4) is 0 Å². The Morgan fingerprint density at radius 3 is 2.55 bits per heavy atom. The van der Waals surface area contributed by atoms with Crippen LogP contribution in [0.2, 0.25) is 0 Å². The lowest BCUT2D eigenvalue weighted by Gasteiger charge is -2.22. The molecule has 0 radical (unpaired) electrons.